The van der Waals surface area contributed by atoms with Crippen LogP contribution in [-0.2, 0) is 13.1 Å². The first kappa shape index (κ1) is 20.3. The van der Waals surface area contributed by atoms with Crippen molar-refractivity contribution in [1.29, 1.82) is 0 Å². The number of benzene rings is 2. The Labute approximate surface area is 186 Å². The molecule has 3 heterocycles. The number of aliphatic hydroxyl groups is 1. The van der Waals surface area contributed by atoms with Crippen molar-refractivity contribution in [2.75, 3.05) is 24.6 Å². The molecule has 0 unspecified atom stereocenters. The standard InChI is InChI=1S/C24H27N5OS/c1-2-31-24-27-21-22(19-5-3-4-6-20(19)26-23(21)25)29(24)14-17-9-7-16(8-10-17)13-28-12-11-18(30)15-28/h3-10,18,30H,2,11-15H2,1H3,(H2,25,26)/t18-/m0/s1. The molecular weight excluding hydrogens is 406 g/mol. The third kappa shape index (κ3) is 4.01. The number of hydrogen-bond acceptors (Lipinski definition) is 6. The average Bonchev–Trinajstić information content (AvgIpc) is 3.34. The van der Waals surface area contributed by atoms with Gasteiger partial charge in [0.2, 0.25) is 0 Å². The number of fused-ring (bicyclic) bond motifs is 3. The van der Waals surface area contributed by atoms with Crippen molar-refractivity contribution in [1.82, 2.24) is 19.4 Å². The van der Waals surface area contributed by atoms with Crippen LogP contribution in [0.25, 0.3) is 21.9 Å². The van der Waals surface area contributed by atoms with Gasteiger partial charge in [0.1, 0.15) is 5.52 Å². The molecule has 4 aromatic rings. The van der Waals surface area contributed by atoms with Gasteiger partial charge in [-0.2, -0.15) is 0 Å². The smallest absolute Gasteiger partial charge is 0.169 e. The first-order valence-electron chi connectivity index (χ1n) is 10.8. The predicted molar refractivity (Wildman–Crippen MR) is 127 cm³/mol. The molecule has 5 rings (SSSR count). The zero-order valence-electron chi connectivity index (χ0n) is 17.7. The SMILES string of the molecule is CCSc1nc2c(N)nc3ccccc3c2n1Cc1ccc(CN2CC[C@H](O)C2)cc1. The van der Waals surface area contributed by atoms with E-state index < -0.39 is 0 Å². The molecule has 0 amide bonds. The second-order valence-corrected chi connectivity index (χ2v) is 9.35. The Balaban J connectivity index is 1.50. The van der Waals surface area contributed by atoms with Crippen molar-refractivity contribution >= 4 is 39.5 Å². The van der Waals surface area contributed by atoms with Crippen LogP contribution in [0, 0.1) is 0 Å². The summed E-state index contributed by atoms with van der Waals surface area (Å²) in [6.07, 6.45) is 0.690. The number of anilines is 1. The highest BCUT2D eigenvalue weighted by Gasteiger charge is 2.20. The number of hydrogen-bond donors (Lipinski definition) is 2. The number of β-amino-alcohol motifs (C(OH)–C–C–N with tert-alkyl or cyclic N) is 1. The number of nitrogens with zero attached hydrogens (tertiary/aromatic N) is 4. The van der Waals surface area contributed by atoms with Crippen molar-refractivity contribution < 1.29 is 5.11 Å². The Morgan fingerprint density at radius 3 is 2.52 bits per heavy atom. The predicted octanol–water partition coefficient (Wildman–Crippen LogP) is 3.89. The lowest BCUT2D eigenvalue weighted by atomic mass is 10.1. The van der Waals surface area contributed by atoms with Gasteiger partial charge in [-0.15, -0.1) is 0 Å². The van der Waals surface area contributed by atoms with Gasteiger partial charge >= 0.3 is 0 Å². The normalized spacial score (nSPS) is 17.2. The van der Waals surface area contributed by atoms with Crippen LogP contribution in [0.2, 0.25) is 0 Å². The molecule has 1 saturated heterocycles. The number of imidazole rings is 1. The summed E-state index contributed by atoms with van der Waals surface area (Å²) in [6, 6.07) is 16.9. The minimum atomic E-state index is -0.181. The molecule has 0 bridgehead atoms. The number of thioether (sulfide) groups is 1. The Hall–Kier alpha value is -2.61. The monoisotopic (exact) mass is 433 g/mol. The second-order valence-electron chi connectivity index (χ2n) is 8.12. The van der Waals surface area contributed by atoms with E-state index >= 15 is 0 Å². The van der Waals surface area contributed by atoms with Crippen molar-refractivity contribution in [3.63, 3.8) is 0 Å². The molecule has 0 spiro atoms. The second kappa shape index (κ2) is 8.49. The first-order chi connectivity index (χ1) is 15.1. The molecule has 1 atom stereocenters. The van der Waals surface area contributed by atoms with Crippen LogP contribution in [0.1, 0.15) is 24.5 Å². The topological polar surface area (TPSA) is 80.2 Å². The summed E-state index contributed by atoms with van der Waals surface area (Å²) in [6.45, 7) is 5.48. The summed E-state index contributed by atoms with van der Waals surface area (Å²) >= 11 is 1.73. The molecule has 31 heavy (non-hydrogen) atoms. The zero-order valence-corrected chi connectivity index (χ0v) is 18.5. The average molecular weight is 434 g/mol. The molecule has 3 N–H and O–H groups in total. The van der Waals surface area contributed by atoms with E-state index in [4.69, 9.17) is 10.7 Å². The third-order valence-corrected chi connectivity index (χ3v) is 6.72. The van der Waals surface area contributed by atoms with Crippen LogP contribution in [0.5, 0.6) is 0 Å². The molecule has 1 aliphatic rings. The van der Waals surface area contributed by atoms with Crippen LogP contribution in [0.15, 0.2) is 53.7 Å². The maximum atomic E-state index is 9.75. The molecule has 0 aliphatic carbocycles. The number of aromatic nitrogens is 3. The van der Waals surface area contributed by atoms with E-state index in [9.17, 15) is 5.11 Å². The lowest BCUT2D eigenvalue weighted by Gasteiger charge is -2.15. The van der Waals surface area contributed by atoms with Gasteiger partial charge in [0, 0.05) is 25.0 Å². The van der Waals surface area contributed by atoms with Crippen LogP contribution in [0.4, 0.5) is 5.82 Å². The molecule has 160 valence electrons. The van der Waals surface area contributed by atoms with Gasteiger partial charge in [-0.1, -0.05) is 61.2 Å². The summed E-state index contributed by atoms with van der Waals surface area (Å²) in [4.78, 5) is 11.7. The largest absolute Gasteiger partial charge is 0.392 e. The molecule has 6 nitrogen and oxygen atoms in total. The minimum Gasteiger partial charge on any atom is -0.392 e. The first-order valence-corrected chi connectivity index (χ1v) is 11.8. The van der Waals surface area contributed by atoms with Crippen molar-refractivity contribution in [3.05, 3.63) is 59.7 Å². The van der Waals surface area contributed by atoms with E-state index in [1.165, 1.54) is 11.1 Å². The quantitative estimate of drug-likeness (QED) is 0.449. The van der Waals surface area contributed by atoms with E-state index in [0.717, 1.165) is 65.4 Å². The van der Waals surface area contributed by atoms with Gasteiger partial charge < -0.3 is 15.4 Å². The fourth-order valence-corrected chi connectivity index (χ4v) is 5.10. The highest BCUT2D eigenvalue weighted by atomic mass is 32.2. The number of aliphatic hydroxyl groups excluding tert-OH is 1. The van der Waals surface area contributed by atoms with E-state index in [2.05, 4.69) is 51.7 Å². The van der Waals surface area contributed by atoms with Crippen LogP contribution in [-0.4, -0.2) is 49.5 Å². The fraction of sp³-hybridized carbons (Fsp3) is 0.333. The van der Waals surface area contributed by atoms with Crippen LogP contribution in [0.3, 0.4) is 0 Å². The van der Waals surface area contributed by atoms with Crippen molar-refractivity contribution in [3.8, 4) is 0 Å². The van der Waals surface area contributed by atoms with Crippen molar-refractivity contribution in [2.24, 2.45) is 0 Å². The highest BCUT2D eigenvalue weighted by molar-refractivity contribution is 7.99. The van der Waals surface area contributed by atoms with Gasteiger partial charge in [0.15, 0.2) is 11.0 Å². The maximum absolute atomic E-state index is 9.75. The van der Waals surface area contributed by atoms with Crippen molar-refractivity contribution in [2.45, 2.75) is 37.7 Å². The van der Waals surface area contributed by atoms with Gasteiger partial charge in [-0.25, -0.2) is 9.97 Å². The number of rotatable bonds is 6. The molecule has 1 fully saturated rings. The van der Waals surface area contributed by atoms with Gasteiger partial charge in [0.05, 0.1) is 23.7 Å². The van der Waals surface area contributed by atoms with Gasteiger partial charge in [-0.3, -0.25) is 4.90 Å². The number of pyridine rings is 1. The molecular formula is C24H27N5OS. The zero-order chi connectivity index (χ0) is 21.4. The lowest BCUT2D eigenvalue weighted by Crippen LogP contribution is -2.21. The molecule has 2 aromatic carbocycles. The van der Waals surface area contributed by atoms with Crippen LogP contribution >= 0.6 is 11.8 Å². The van der Waals surface area contributed by atoms with Gasteiger partial charge in [0.25, 0.3) is 0 Å². The lowest BCUT2D eigenvalue weighted by molar-refractivity contribution is 0.175. The summed E-state index contributed by atoms with van der Waals surface area (Å²) in [5, 5.41) is 11.8. The van der Waals surface area contributed by atoms with E-state index in [-0.39, 0.29) is 6.10 Å². The number of nitrogen functional groups attached to an aromatic ring is 1. The Morgan fingerprint density at radius 2 is 1.81 bits per heavy atom. The number of likely N-dealkylation sites (tertiary alicyclic amines) is 1. The Kier molecular flexibility index (Phi) is 5.56. The Morgan fingerprint density at radius 1 is 1.06 bits per heavy atom. The highest BCUT2D eigenvalue weighted by Crippen LogP contribution is 2.32. The summed E-state index contributed by atoms with van der Waals surface area (Å²) in [5.41, 5.74) is 11.5. The van der Waals surface area contributed by atoms with E-state index in [0.29, 0.717) is 5.82 Å². The summed E-state index contributed by atoms with van der Waals surface area (Å²) in [5.74, 6) is 1.42. The maximum Gasteiger partial charge on any atom is 0.169 e. The van der Waals surface area contributed by atoms with E-state index in [1.54, 1.807) is 11.8 Å². The van der Waals surface area contributed by atoms with Crippen LogP contribution < -0.4 is 5.73 Å². The van der Waals surface area contributed by atoms with E-state index in [1.807, 2.05) is 18.2 Å². The number of nitrogens with two attached hydrogens (primary N) is 1. The minimum absolute atomic E-state index is 0.181. The molecule has 0 saturated carbocycles. The molecule has 0 radical (unpaired) electrons. The third-order valence-electron chi connectivity index (χ3n) is 5.87. The molecule has 7 heteroatoms. The summed E-state index contributed by atoms with van der Waals surface area (Å²) < 4.78 is 2.27. The molecule has 1 aliphatic heterocycles. The summed E-state index contributed by atoms with van der Waals surface area (Å²) in [7, 11) is 0. The molecule has 2 aromatic heterocycles. The van der Waals surface area contributed by atoms with Gasteiger partial charge in [-0.05, 0) is 29.4 Å². The fourth-order valence-electron chi connectivity index (χ4n) is 4.37. The Bertz CT molecular complexity index is 1220. The number of para-hydroxylation sites is 1.